The van der Waals surface area contributed by atoms with Crippen LogP contribution in [0, 0.1) is 0 Å². The lowest BCUT2D eigenvalue weighted by atomic mass is 10.1. The monoisotopic (exact) mass is 498 g/mol. The minimum absolute atomic E-state index is 0. The summed E-state index contributed by atoms with van der Waals surface area (Å²) >= 11 is 0. The Balaban J connectivity index is 0.00000280. The SMILES string of the molecule is CN=C(NCCCOc1ccc2ccccc2c1)NCCN1CCOCC1.I. The van der Waals surface area contributed by atoms with Gasteiger partial charge in [0.15, 0.2) is 5.96 Å². The van der Waals surface area contributed by atoms with E-state index in [0.717, 1.165) is 64.1 Å². The smallest absolute Gasteiger partial charge is 0.191 e. The summed E-state index contributed by atoms with van der Waals surface area (Å²) in [5, 5.41) is 9.14. The first-order chi connectivity index (χ1) is 13.3. The van der Waals surface area contributed by atoms with Gasteiger partial charge in [-0.25, -0.2) is 0 Å². The van der Waals surface area contributed by atoms with Gasteiger partial charge in [-0.1, -0.05) is 30.3 Å². The van der Waals surface area contributed by atoms with E-state index in [9.17, 15) is 0 Å². The lowest BCUT2D eigenvalue weighted by Gasteiger charge is -2.26. The molecule has 1 fully saturated rings. The molecule has 0 bridgehead atoms. The number of aliphatic imine (C=N–C) groups is 1. The van der Waals surface area contributed by atoms with Crippen molar-refractivity contribution in [3.63, 3.8) is 0 Å². The lowest BCUT2D eigenvalue weighted by molar-refractivity contribution is 0.0389. The van der Waals surface area contributed by atoms with E-state index in [1.807, 2.05) is 12.1 Å². The van der Waals surface area contributed by atoms with Crippen molar-refractivity contribution in [3.8, 4) is 5.75 Å². The lowest BCUT2D eigenvalue weighted by Crippen LogP contribution is -2.44. The molecule has 2 aromatic rings. The van der Waals surface area contributed by atoms with Crippen LogP contribution in [0.15, 0.2) is 47.5 Å². The van der Waals surface area contributed by atoms with Gasteiger partial charge < -0.3 is 20.1 Å². The molecule has 154 valence electrons. The van der Waals surface area contributed by atoms with Gasteiger partial charge in [-0.3, -0.25) is 9.89 Å². The quantitative estimate of drug-likeness (QED) is 0.254. The van der Waals surface area contributed by atoms with Crippen molar-refractivity contribution in [2.45, 2.75) is 6.42 Å². The Bertz CT molecular complexity index is 735. The maximum atomic E-state index is 5.87. The van der Waals surface area contributed by atoms with Gasteiger partial charge in [-0.15, -0.1) is 24.0 Å². The van der Waals surface area contributed by atoms with Crippen LogP contribution < -0.4 is 15.4 Å². The second-order valence-electron chi connectivity index (χ2n) is 6.59. The van der Waals surface area contributed by atoms with E-state index in [1.54, 1.807) is 7.05 Å². The van der Waals surface area contributed by atoms with Crippen LogP contribution in [0.2, 0.25) is 0 Å². The number of morpholine rings is 1. The summed E-state index contributed by atoms with van der Waals surface area (Å²) in [6.45, 7) is 7.09. The van der Waals surface area contributed by atoms with Crippen molar-refractivity contribution in [2.24, 2.45) is 4.99 Å². The van der Waals surface area contributed by atoms with Gasteiger partial charge in [0, 0.05) is 39.8 Å². The maximum absolute atomic E-state index is 5.87. The Morgan fingerprint density at radius 2 is 1.82 bits per heavy atom. The molecule has 1 heterocycles. The zero-order valence-electron chi connectivity index (χ0n) is 16.5. The van der Waals surface area contributed by atoms with Crippen LogP contribution in [0.3, 0.4) is 0 Å². The minimum atomic E-state index is 0. The van der Waals surface area contributed by atoms with Crippen LogP contribution in [-0.4, -0.2) is 70.5 Å². The van der Waals surface area contributed by atoms with E-state index in [0.29, 0.717) is 6.61 Å². The highest BCUT2D eigenvalue weighted by Crippen LogP contribution is 2.20. The molecule has 1 saturated heterocycles. The number of fused-ring (bicyclic) bond motifs is 1. The van der Waals surface area contributed by atoms with Crippen molar-refractivity contribution in [2.75, 3.05) is 59.6 Å². The van der Waals surface area contributed by atoms with Crippen LogP contribution >= 0.6 is 24.0 Å². The number of nitrogens with zero attached hydrogens (tertiary/aromatic N) is 2. The maximum Gasteiger partial charge on any atom is 0.191 e. The second kappa shape index (κ2) is 12.8. The molecule has 0 aliphatic carbocycles. The van der Waals surface area contributed by atoms with Gasteiger partial charge in [0.05, 0.1) is 19.8 Å². The van der Waals surface area contributed by atoms with Crippen LogP contribution in [0.25, 0.3) is 10.8 Å². The summed E-state index contributed by atoms with van der Waals surface area (Å²) < 4.78 is 11.2. The van der Waals surface area contributed by atoms with Crippen LogP contribution in [0.1, 0.15) is 6.42 Å². The summed E-state index contributed by atoms with van der Waals surface area (Å²) in [4.78, 5) is 6.68. The average molecular weight is 498 g/mol. The van der Waals surface area contributed by atoms with E-state index in [-0.39, 0.29) is 24.0 Å². The zero-order chi connectivity index (χ0) is 18.7. The van der Waals surface area contributed by atoms with Gasteiger partial charge >= 0.3 is 0 Å². The molecule has 0 amide bonds. The highest BCUT2D eigenvalue weighted by Gasteiger charge is 2.09. The molecule has 0 unspecified atom stereocenters. The fourth-order valence-corrected chi connectivity index (χ4v) is 3.10. The topological polar surface area (TPSA) is 58.1 Å². The fraction of sp³-hybridized carbons (Fsp3) is 0.476. The molecule has 28 heavy (non-hydrogen) atoms. The Morgan fingerprint density at radius 3 is 2.61 bits per heavy atom. The molecule has 2 N–H and O–H groups in total. The van der Waals surface area contributed by atoms with Crippen LogP contribution in [-0.2, 0) is 4.74 Å². The highest BCUT2D eigenvalue weighted by molar-refractivity contribution is 14.0. The molecule has 7 heteroatoms. The molecule has 6 nitrogen and oxygen atoms in total. The second-order valence-corrected chi connectivity index (χ2v) is 6.59. The zero-order valence-corrected chi connectivity index (χ0v) is 18.9. The predicted molar refractivity (Wildman–Crippen MR) is 126 cm³/mol. The van der Waals surface area contributed by atoms with Crippen molar-refractivity contribution in [1.29, 1.82) is 0 Å². The summed E-state index contributed by atoms with van der Waals surface area (Å²) in [6.07, 6.45) is 0.914. The first-order valence-corrected chi connectivity index (χ1v) is 9.71. The standard InChI is InChI=1S/C21H30N4O2.HI/c1-22-21(24-10-11-25-12-15-26-16-13-25)23-9-4-14-27-20-8-7-18-5-2-3-6-19(18)17-20;/h2-3,5-8,17H,4,9-16H2,1H3,(H2,22,23,24);1H. The predicted octanol–water partition coefficient (Wildman–Crippen LogP) is 2.72. The molecule has 0 saturated carbocycles. The minimum Gasteiger partial charge on any atom is -0.494 e. The van der Waals surface area contributed by atoms with Crippen LogP contribution in [0.5, 0.6) is 5.75 Å². The van der Waals surface area contributed by atoms with Crippen molar-refractivity contribution in [3.05, 3.63) is 42.5 Å². The van der Waals surface area contributed by atoms with Crippen LogP contribution in [0.4, 0.5) is 0 Å². The molecule has 0 radical (unpaired) electrons. The number of hydrogen-bond donors (Lipinski definition) is 2. The third kappa shape index (κ3) is 7.44. The first-order valence-electron chi connectivity index (χ1n) is 9.71. The molecular formula is C21H31IN4O2. The third-order valence-electron chi connectivity index (χ3n) is 4.65. The van der Waals surface area contributed by atoms with Crippen molar-refractivity contribution in [1.82, 2.24) is 15.5 Å². The third-order valence-corrected chi connectivity index (χ3v) is 4.65. The van der Waals surface area contributed by atoms with Gasteiger partial charge in [0.2, 0.25) is 0 Å². The Hall–Kier alpha value is -1.58. The highest BCUT2D eigenvalue weighted by atomic mass is 127. The van der Waals surface area contributed by atoms with E-state index >= 15 is 0 Å². The van der Waals surface area contributed by atoms with E-state index in [1.165, 1.54) is 10.8 Å². The number of benzene rings is 2. The van der Waals surface area contributed by atoms with Gasteiger partial charge in [-0.2, -0.15) is 0 Å². The van der Waals surface area contributed by atoms with Gasteiger partial charge in [0.25, 0.3) is 0 Å². The Labute approximate surface area is 184 Å². The fourth-order valence-electron chi connectivity index (χ4n) is 3.10. The molecule has 0 spiro atoms. The largest absolute Gasteiger partial charge is 0.494 e. The number of ether oxygens (including phenoxy) is 2. The van der Waals surface area contributed by atoms with Gasteiger partial charge in [-0.05, 0) is 29.3 Å². The van der Waals surface area contributed by atoms with Gasteiger partial charge in [0.1, 0.15) is 5.75 Å². The summed E-state index contributed by atoms with van der Waals surface area (Å²) in [5.41, 5.74) is 0. The first kappa shape index (κ1) is 22.7. The molecule has 3 rings (SSSR count). The molecule has 2 aromatic carbocycles. The van der Waals surface area contributed by atoms with E-state index in [4.69, 9.17) is 9.47 Å². The summed E-state index contributed by atoms with van der Waals surface area (Å²) in [5.74, 6) is 1.76. The van der Waals surface area contributed by atoms with E-state index in [2.05, 4.69) is 50.9 Å². The molecule has 1 aliphatic rings. The van der Waals surface area contributed by atoms with E-state index < -0.39 is 0 Å². The summed E-state index contributed by atoms with van der Waals surface area (Å²) in [7, 11) is 1.80. The number of hydrogen-bond acceptors (Lipinski definition) is 4. The Morgan fingerprint density at radius 1 is 1.07 bits per heavy atom. The summed E-state index contributed by atoms with van der Waals surface area (Å²) in [6, 6.07) is 14.5. The number of nitrogens with one attached hydrogen (secondary N) is 2. The molecule has 0 atom stereocenters. The normalized spacial score (nSPS) is 15.1. The molecular weight excluding hydrogens is 467 g/mol. The number of halogens is 1. The van der Waals surface area contributed by atoms with Crippen molar-refractivity contribution < 1.29 is 9.47 Å². The Kier molecular flexibility index (Phi) is 10.4. The molecule has 1 aliphatic heterocycles. The van der Waals surface area contributed by atoms with Crippen molar-refractivity contribution >= 4 is 40.7 Å². The number of guanidine groups is 1. The number of rotatable bonds is 8. The molecule has 0 aromatic heterocycles. The average Bonchev–Trinajstić information content (AvgIpc) is 2.73.